The fourth-order valence-electron chi connectivity index (χ4n) is 1.07. The number of hydrogen-bond acceptors (Lipinski definition) is 6. The van der Waals surface area contributed by atoms with Crippen molar-refractivity contribution in [2.75, 3.05) is 29.9 Å². The first kappa shape index (κ1) is 12.0. The Balaban J connectivity index is 2.45. The molecule has 16 heavy (non-hydrogen) atoms. The number of anilines is 3. The van der Waals surface area contributed by atoms with Crippen molar-refractivity contribution in [3.05, 3.63) is 6.07 Å². The second kappa shape index (κ2) is 5.74. The third kappa shape index (κ3) is 3.99. The van der Waals surface area contributed by atoms with Crippen LogP contribution < -0.4 is 22.1 Å². The Morgan fingerprint density at radius 3 is 2.81 bits per heavy atom. The molecule has 0 bridgehead atoms. The zero-order chi connectivity index (χ0) is 12.0. The molecule has 1 amide bonds. The summed E-state index contributed by atoms with van der Waals surface area (Å²) in [6, 6.07) is 1.52. The lowest BCUT2D eigenvalue weighted by molar-refractivity contribution is -0.119. The predicted octanol–water partition coefficient (Wildman–Crippen LogP) is -0.421. The second-order valence-electron chi connectivity index (χ2n) is 3.24. The number of nitrogens with zero attached hydrogens (tertiary/aromatic N) is 2. The van der Waals surface area contributed by atoms with Gasteiger partial charge in [0.1, 0.15) is 11.6 Å². The molecule has 0 aliphatic carbocycles. The van der Waals surface area contributed by atoms with E-state index in [-0.39, 0.29) is 24.2 Å². The lowest BCUT2D eigenvalue weighted by Crippen LogP contribution is -2.30. The average molecular weight is 224 g/mol. The number of rotatable bonds is 5. The summed E-state index contributed by atoms with van der Waals surface area (Å²) in [4.78, 5) is 18.9. The van der Waals surface area contributed by atoms with Crippen molar-refractivity contribution in [3.63, 3.8) is 0 Å². The van der Waals surface area contributed by atoms with Gasteiger partial charge in [-0.3, -0.25) is 4.79 Å². The van der Waals surface area contributed by atoms with Gasteiger partial charge >= 0.3 is 0 Å². The Bertz CT molecular complexity index is 347. The minimum Gasteiger partial charge on any atom is -0.383 e. The van der Waals surface area contributed by atoms with E-state index in [9.17, 15) is 4.79 Å². The van der Waals surface area contributed by atoms with Crippen LogP contribution in [0, 0.1) is 0 Å². The van der Waals surface area contributed by atoms with E-state index in [1.165, 1.54) is 6.07 Å². The molecule has 0 saturated carbocycles. The van der Waals surface area contributed by atoms with Crippen LogP contribution in [0.2, 0.25) is 0 Å². The van der Waals surface area contributed by atoms with E-state index >= 15 is 0 Å². The SMILES string of the molecule is CCCNC(=O)CNc1cc(N)nc(N)n1. The Kier molecular flexibility index (Phi) is 4.31. The van der Waals surface area contributed by atoms with Crippen molar-refractivity contribution in [1.82, 2.24) is 15.3 Å². The average Bonchev–Trinajstić information content (AvgIpc) is 2.22. The molecule has 1 aromatic heterocycles. The van der Waals surface area contributed by atoms with Gasteiger partial charge in [0, 0.05) is 12.6 Å². The van der Waals surface area contributed by atoms with Gasteiger partial charge in [0.05, 0.1) is 6.54 Å². The van der Waals surface area contributed by atoms with Crippen molar-refractivity contribution in [3.8, 4) is 0 Å². The Hall–Kier alpha value is -2.05. The van der Waals surface area contributed by atoms with Crippen LogP contribution in [-0.4, -0.2) is 29.0 Å². The van der Waals surface area contributed by atoms with Crippen LogP contribution in [0.25, 0.3) is 0 Å². The topological polar surface area (TPSA) is 119 Å². The third-order valence-electron chi connectivity index (χ3n) is 1.77. The number of nitrogens with two attached hydrogens (primary N) is 2. The van der Waals surface area contributed by atoms with Crippen molar-refractivity contribution in [2.45, 2.75) is 13.3 Å². The molecule has 0 aliphatic rings. The molecule has 0 aliphatic heterocycles. The third-order valence-corrected chi connectivity index (χ3v) is 1.77. The van der Waals surface area contributed by atoms with Gasteiger partial charge in [-0.1, -0.05) is 6.92 Å². The predicted molar refractivity (Wildman–Crippen MR) is 62.6 cm³/mol. The number of carbonyl (C=O) groups excluding carboxylic acids is 1. The van der Waals surface area contributed by atoms with Crippen LogP contribution in [-0.2, 0) is 4.79 Å². The van der Waals surface area contributed by atoms with Crippen LogP contribution in [0.5, 0.6) is 0 Å². The zero-order valence-corrected chi connectivity index (χ0v) is 9.16. The maximum absolute atomic E-state index is 11.3. The van der Waals surface area contributed by atoms with E-state index in [1.807, 2.05) is 6.92 Å². The van der Waals surface area contributed by atoms with Gasteiger partial charge in [-0.15, -0.1) is 0 Å². The van der Waals surface area contributed by atoms with Crippen molar-refractivity contribution in [1.29, 1.82) is 0 Å². The van der Waals surface area contributed by atoms with Crippen molar-refractivity contribution >= 4 is 23.5 Å². The lowest BCUT2D eigenvalue weighted by atomic mass is 10.4. The molecule has 0 saturated heterocycles. The Labute approximate surface area is 93.6 Å². The first-order chi connectivity index (χ1) is 7.61. The standard InChI is InChI=1S/C9H16N6O/c1-2-3-12-8(16)5-13-7-4-6(10)14-9(11)15-7/h4H,2-3,5H2,1H3,(H,12,16)(H5,10,11,13,14,15). The molecule has 0 radical (unpaired) electrons. The maximum atomic E-state index is 11.3. The van der Waals surface area contributed by atoms with Gasteiger partial charge in [-0.05, 0) is 6.42 Å². The highest BCUT2D eigenvalue weighted by Gasteiger charge is 2.02. The van der Waals surface area contributed by atoms with E-state index in [0.717, 1.165) is 6.42 Å². The molecule has 88 valence electrons. The van der Waals surface area contributed by atoms with Crippen LogP contribution in [0.3, 0.4) is 0 Å². The molecule has 6 N–H and O–H groups in total. The van der Waals surface area contributed by atoms with Gasteiger partial charge in [-0.25, -0.2) is 0 Å². The van der Waals surface area contributed by atoms with Crippen LogP contribution in [0.15, 0.2) is 6.07 Å². The number of aromatic nitrogens is 2. The van der Waals surface area contributed by atoms with Gasteiger partial charge in [0.25, 0.3) is 0 Å². The van der Waals surface area contributed by atoms with E-state index in [0.29, 0.717) is 12.4 Å². The summed E-state index contributed by atoms with van der Waals surface area (Å²) in [7, 11) is 0. The first-order valence-electron chi connectivity index (χ1n) is 5.02. The summed E-state index contributed by atoms with van der Waals surface area (Å²) in [6.07, 6.45) is 0.902. The highest BCUT2D eigenvalue weighted by Crippen LogP contribution is 2.08. The summed E-state index contributed by atoms with van der Waals surface area (Å²) in [5.74, 6) is 0.690. The van der Waals surface area contributed by atoms with Crippen LogP contribution in [0.1, 0.15) is 13.3 Å². The lowest BCUT2D eigenvalue weighted by Gasteiger charge is -2.07. The summed E-state index contributed by atoms with van der Waals surface area (Å²) in [6.45, 7) is 2.78. The molecule has 7 heteroatoms. The largest absolute Gasteiger partial charge is 0.383 e. The molecule has 0 aromatic carbocycles. The summed E-state index contributed by atoms with van der Waals surface area (Å²) in [5.41, 5.74) is 10.9. The molecular weight excluding hydrogens is 208 g/mol. The highest BCUT2D eigenvalue weighted by atomic mass is 16.1. The minimum absolute atomic E-state index is 0.0801. The molecule has 0 atom stereocenters. The summed E-state index contributed by atoms with van der Waals surface area (Å²) in [5, 5.41) is 5.54. The summed E-state index contributed by atoms with van der Waals surface area (Å²) < 4.78 is 0. The number of nitrogens with one attached hydrogen (secondary N) is 2. The fraction of sp³-hybridized carbons (Fsp3) is 0.444. The van der Waals surface area contributed by atoms with Crippen LogP contribution >= 0.6 is 0 Å². The quantitative estimate of drug-likeness (QED) is 0.539. The molecule has 7 nitrogen and oxygen atoms in total. The maximum Gasteiger partial charge on any atom is 0.239 e. The van der Waals surface area contributed by atoms with Gasteiger partial charge in [0.15, 0.2) is 0 Å². The highest BCUT2D eigenvalue weighted by molar-refractivity contribution is 5.80. The molecule has 0 fully saturated rings. The Morgan fingerprint density at radius 2 is 2.19 bits per heavy atom. The molecular formula is C9H16N6O. The Morgan fingerprint density at radius 1 is 1.44 bits per heavy atom. The molecule has 0 spiro atoms. The van der Waals surface area contributed by atoms with Gasteiger partial charge < -0.3 is 22.1 Å². The van der Waals surface area contributed by atoms with E-state index in [4.69, 9.17) is 11.5 Å². The number of amides is 1. The number of nitrogen functional groups attached to an aromatic ring is 2. The van der Waals surface area contributed by atoms with Crippen molar-refractivity contribution < 1.29 is 4.79 Å². The minimum atomic E-state index is -0.0994. The fourth-order valence-corrected chi connectivity index (χ4v) is 1.07. The van der Waals surface area contributed by atoms with E-state index in [1.54, 1.807) is 0 Å². The van der Waals surface area contributed by atoms with Gasteiger partial charge in [0.2, 0.25) is 11.9 Å². The molecule has 1 aromatic rings. The van der Waals surface area contributed by atoms with Crippen LogP contribution in [0.4, 0.5) is 17.6 Å². The molecule has 1 rings (SSSR count). The summed E-state index contributed by atoms with van der Waals surface area (Å²) >= 11 is 0. The monoisotopic (exact) mass is 224 g/mol. The molecule has 0 unspecified atom stereocenters. The molecule has 1 heterocycles. The smallest absolute Gasteiger partial charge is 0.239 e. The van der Waals surface area contributed by atoms with E-state index < -0.39 is 0 Å². The van der Waals surface area contributed by atoms with Gasteiger partial charge in [-0.2, -0.15) is 9.97 Å². The normalized spacial score (nSPS) is 9.81. The number of hydrogen-bond donors (Lipinski definition) is 4. The first-order valence-corrected chi connectivity index (χ1v) is 5.02. The van der Waals surface area contributed by atoms with Crippen molar-refractivity contribution in [2.24, 2.45) is 0 Å². The number of carbonyl (C=O) groups is 1. The van der Waals surface area contributed by atoms with E-state index in [2.05, 4.69) is 20.6 Å². The second-order valence-corrected chi connectivity index (χ2v) is 3.24. The zero-order valence-electron chi connectivity index (χ0n) is 9.16.